The molecule has 2 aromatic carbocycles. The van der Waals surface area contributed by atoms with Crippen LogP contribution in [0.25, 0.3) is 0 Å². The van der Waals surface area contributed by atoms with Crippen LogP contribution in [0.15, 0.2) is 34.8 Å². The fourth-order valence-electron chi connectivity index (χ4n) is 1.91. The van der Waals surface area contributed by atoms with E-state index in [1.165, 1.54) is 6.07 Å². The first kappa shape index (κ1) is 15.8. The maximum Gasteiger partial charge on any atom is 0.272 e. The van der Waals surface area contributed by atoms with E-state index in [2.05, 4.69) is 15.9 Å². The van der Waals surface area contributed by atoms with Crippen LogP contribution in [0.4, 0.5) is 5.69 Å². The Bertz CT molecular complexity index is 704. The van der Waals surface area contributed by atoms with Crippen LogP contribution in [0.5, 0.6) is 11.5 Å². The summed E-state index contributed by atoms with van der Waals surface area (Å²) in [6, 6.07) is 8.72. The minimum atomic E-state index is -0.391. The third-order valence-electron chi connectivity index (χ3n) is 3.09. The van der Waals surface area contributed by atoms with Crippen molar-refractivity contribution in [1.29, 1.82) is 0 Å². The quantitative estimate of drug-likeness (QED) is 0.405. The van der Waals surface area contributed by atoms with Crippen molar-refractivity contribution >= 4 is 33.2 Å². The molecule has 0 unspecified atom stereocenters. The average molecular weight is 371 g/mol. The van der Waals surface area contributed by atoms with Gasteiger partial charge in [-0.1, -0.05) is 22.0 Å². The van der Waals surface area contributed by atoms with Gasteiger partial charge in [0.1, 0.15) is 11.5 Å². The molecule has 0 aliphatic carbocycles. The summed E-state index contributed by atoms with van der Waals surface area (Å²) in [5.74, 6) is 1.66. The van der Waals surface area contributed by atoms with E-state index < -0.39 is 4.92 Å². The van der Waals surface area contributed by atoms with Crippen molar-refractivity contribution in [2.75, 3.05) is 0 Å². The summed E-state index contributed by atoms with van der Waals surface area (Å²) >= 11 is 9.23. The van der Waals surface area contributed by atoms with Crippen LogP contribution in [0.1, 0.15) is 16.7 Å². The van der Waals surface area contributed by atoms with Crippen LogP contribution >= 0.6 is 27.5 Å². The second kappa shape index (κ2) is 6.45. The van der Waals surface area contributed by atoms with E-state index in [-0.39, 0.29) is 5.69 Å². The number of rotatable bonds is 4. The average Bonchev–Trinajstić information content (AvgIpc) is 2.42. The SMILES string of the molecule is Cc1cc([N+](=O)[O-])c(C)cc1Oc1ccc(CCl)c(Br)c1. The van der Waals surface area contributed by atoms with E-state index in [1.54, 1.807) is 19.9 Å². The summed E-state index contributed by atoms with van der Waals surface area (Å²) in [6.07, 6.45) is 0. The van der Waals surface area contributed by atoms with E-state index in [1.807, 2.05) is 18.2 Å². The van der Waals surface area contributed by atoms with Gasteiger partial charge in [-0.2, -0.15) is 0 Å². The maximum atomic E-state index is 10.9. The van der Waals surface area contributed by atoms with Gasteiger partial charge < -0.3 is 4.74 Å². The van der Waals surface area contributed by atoms with E-state index in [4.69, 9.17) is 16.3 Å². The molecular formula is C15H13BrClNO3. The molecule has 0 saturated carbocycles. The van der Waals surface area contributed by atoms with Gasteiger partial charge in [0.25, 0.3) is 5.69 Å². The van der Waals surface area contributed by atoms with Crippen molar-refractivity contribution in [2.24, 2.45) is 0 Å². The molecule has 0 saturated heterocycles. The highest BCUT2D eigenvalue weighted by molar-refractivity contribution is 9.10. The Hall–Kier alpha value is -1.59. The molecule has 0 spiro atoms. The number of nitrogens with zero attached hydrogens (tertiary/aromatic N) is 1. The molecule has 21 heavy (non-hydrogen) atoms. The van der Waals surface area contributed by atoms with Crippen LogP contribution in [-0.2, 0) is 5.88 Å². The Morgan fingerprint density at radius 2 is 1.95 bits per heavy atom. The predicted octanol–water partition coefficient (Wildman–Crippen LogP) is 5.51. The monoisotopic (exact) mass is 369 g/mol. The van der Waals surface area contributed by atoms with Crippen molar-refractivity contribution in [3.8, 4) is 11.5 Å². The van der Waals surface area contributed by atoms with Crippen molar-refractivity contribution in [3.05, 3.63) is 61.6 Å². The molecule has 2 rings (SSSR count). The predicted molar refractivity (Wildman–Crippen MR) is 86.3 cm³/mol. The molecule has 0 heterocycles. The summed E-state index contributed by atoms with van der Waals surface area (Å²) < 4.78 is 6.68. The summed E-state index contributed by atoms with van der Waals surface area (Å²) in [5.41, 5.74) is 2.35. The lowest BCUT2D eigenvalue weighted by atomic mass is 10.1. The number of alkyl halides is 1. The molecular weight excluding hydrogens is 358 g/mol. The highest BCUT2D eigenvalue weighted by atomic mass is 79.9. The standard InChI is InChI=1S/C15H13BrClNO3/c1-9-6-15(10(2)5-14(9)18(19)20)21-12-4-3-11(8-17)13(16)7-12/h3-7H,8H2,1-2H3. The molecule has 0 amide bonds. The maximum absolute atomic E-state index is 10.9. The van der Waals surface area contributed by atoms with E-state index in [0.29, 0.717) is 28.5 Å². The zero-order valence-electron chi connectivity index (χ0n) is 11.5. The molecule has 0 aliphatic rings. The Kier molecular flexibility index (Phi) is 4.85. The van der Waals surface area contributed by atoms with Crippen molar-refractivity contribution < 1.29 is 9.66 Å². The number of nitro benzene ring substituents is 1. The van der Waals surface area contributed by atoms with Crippen LogP contribution in [-0.4, -0.2) is 4.92 Å². The second-order valence-corrected chi connectivity index (χ2v) is 5.77. The third kappa shape index (κ3) is 3.54. The van der Waals surface area contributed by atoms with Gasteiger partial charge in [-0.15, -0.1) is 11.6 Å². The molecule has 0 N–H and O–H groups in total. The van der Waals surface area contributed by atoms with Gasteiger partial charge >= 0.3 is 0 Å². The highest BCUT2D eigenvalue weighted by Crippen LogP contribution is 2.33. The lowest BCUT2D eigenvalue weighted by molar-refractivity contribution is -0.385. The number of benzene rings is 2. The smallest absolute Gasteiger partial charge is 0.272 e. The van der Waals surface area contributed by atoms with E-state index in [0.717, 1.165) is 10.0 Å². The fraction of sp³-hybridized carbons (Fsp3) is 0.200. The lowest BCUT2D eigenvalue weighted by Gasteiger charge is -2.11. The highest BCUT2D eigenvalue weighted by Gasteiger charge is 2.14. The Labute approximate surface area is 136 Å². The Morgan fingerprint density at radius 1 is 1.24 bits per heavy atom. The molecule has 0 fully saturated rings. The topological polar surface area (TPSA) is 52.4 Å². The van der Waals surface area contributed by atoms with Gasteiger partial charge in [-0.05, 0) is 43.2 Å². The van der Waals surface area contributed by atoms with E-state index in [9.17, 15) is 10.1 Å². The van der Waals surface area contributed by atoms with Crippen molar-refractivity contribution in [1.82, 2.24) is 0 Å². The minimum Gasteiger partial charge on any atom is -0.457 e. The molecule has 110 valence electrons. The number of nitro groups is 1. The summed E-state index contributed by atoms with van der Waals surface area (Å²) in [6.45, 7) is 3.47. The number of ether oxygens (including phenoxy) is 1. The van der Waals surface area contributed by atoms with Crippen molar-refractivity contribution in [2.45, 2.75) is 19.7 Å². The molecule has 0 aromatic heterocycles. The van der Waals surface area contributed by atoms with Gasteiger partial charge in [0.05, 0.1) is 4.92 Å². The Balaban J connectivity index is 2.34. The van der Waals surface area contributed by atoms with Gasteiger partial charge in [0.2, 0.25) is 0 Å². The van der Waals surface area contributed by atoms with E-state index >= 15 is 0 Å². The largest absolute Gasteiger partial charge is 0.457 e. The third-order valence-corrected chi connectivity index (χ3v) is 4.11. The first-order valence-electron chi connectivity index (χ1n) is 6.20. The minimum absolute atomic E-state index is 0.0959. The first-order valence-corrected chi connectivity index (χ1v) is 7.53. The van der Waals surface area contributed by atoms with Crippen LogP contribution in [0.3, 0.4) is 0 Å². The molecule has 0 radical (unpaired) electrons. The van der Waals surface area contributed by atoms with Gasteiger partial charge in [-0.3, -0.25) is 10.1 Å². The normalized spacial score (nSPS) is 10.5. The summed E-state index contributed by atoms with van der Waals surface area (Å²) in [5, 5.41) is 10.9. The van der Waals surface area contributed by atoms with Gasteiger partial charge in [-0.25, -0.2) is 0 Å². The number of aryl methyl sites for hydroxylation is 2. The summed E-state index contributed by atoms with van der Waals surface area (Å²) in [7, 11) is 0. The molecule has 0 bridgehead atoms. The molecule has 6 heteroatoms. The molecule has 2 aromatic rings. The lowest BCUT2D eigenvalue weighted by Crippen LogP contribution is -1.95. The number of halogens is 2. The zero-order valence-corrected chi connectivity index (χ0v) is 13.9. The summed E-state index contributed by atoms with van der Waals surface area (Å²) in [4.78, 5) is 10.5. The zero-order chi connectivity index (χ0) is 15.6. The van der Waals surface area contributed by atoms with Crippen molar-refractivity contribution in [3.63, 3.8) is 0 Å². The molecule has 0 aliphatic heterocycles. The number of hydrogen-bond donors (Lipinski definition) is 0. The molecule has 0 atom stereocenters. The Morgan fingerprint density at radius 3 is 2.52 bits per heavy atom. The number of hydrogen-bond acceptors (Lipinski definition) is 3. The molecule has 4 nitrogen and oxygen atoms in total. The first-order chi connectivity index (χ1) is 9.92. The van der Waals surface area contributed by atoms with Crippen LogP contribution < -0.4 is 4.74 Å². The fourth-order valence-corrected chi connectivity index (χ4v) is 2.80. The second-order valence-electron chi connectivity index (χ2n) is 4.65. The van der Waals surface area contributed by atoms with Crippen LogP contribution in [0, 0.1) is 24.0 Å². The van der Waals surface area contributed by atoms with Crippen LogP contribution in [0.2, 0.25) is 0 Å². The van der Waals surface area contributed by atoms with Gasteiger partial charge in [0, 0.05) is 22.0 Å². The van der Waals surface area contributed by atoms with Gasteiger partial charge in [0.15, 0.2) is 0 Å².